The minimum atomic E-state index is 0.356. The van der Waals surface area contributed by atoms with Crippen molar-refractivity contribution in [1.82, 2.24) is 5.32 Å². The highest BCUT2D eigenvalue weighted by Crippen LogP contribution is 2.36. The van der Waals surface area contributed by atoms with Crippen LogP contribution in [0.25, 0.3) is 0 Å². The lowest BCUT2D eigenvalue weighted by molar-refractivity contribution is 0.0760. The highest BCUT2D eigenvalue weighted by Gasteiger charge is 2.29. The van der Waals surface area contributed by atoms with Gasteiger partial charge in [0, 0.05) is 12.6 Å². The quantitative estimate of drug-likeness (QED) is 0.757. The van der Waals surface area contributed by atoms with Gasteiger partial charge in [0.2, 0.25) is 0 Å². The Labute approximate surface area is 117 Å². The van der Waals surface area contributed by atoms with Gasteiger partial charge in [0.05, 0.1) is 6.10 Å². The van der Waals surface area contributed by atoms with E-state index in [9.17, 15) is 0 Å². The van der Waals surface area contributed by atoms with Crippen LogP contribution in [0.1, 0.15) is 50.2 Å². The van der Waals surface area contributed by atoms with Gasteiger partial charge in [0.1, 0.15) is 0 Å². The monoisotopic (exact) mass is 261 g/mol. The number of hydrogen-bond acceptors (Lipinski definition) is 2. The molecule has 2 heteroatoms. The molecule has 1 aromatic rings. The number of ether oxygens (including phenoxy) is 1. The summed E-state index contributed by atoms with van der Waals surface area (Å²) < 4.78 is 5.54. The molecule has 0 aromatic heterocycles. The van der Waals surface area contributed by atoms with E-state index in [0.717, 1.165) is 25.5 Å². The maximum atomic E-state index is 5.54. The van der Waals surface area contributed by atoms with Gasteiger partial charge in [-0.15, -0.1) is 0 Å². The first-order valence-corrected chi connectivity index (χ1v) is 7.56. The Bertz CT molecular complexity index is 365. The van der Waals surface area contributed by atoms with Crippen LogP contribution in [0.4, 0.5) is 0 Å². The molecule has 2 nitrogen and oxygen atoms in total. The molecule has 0 bridgehead atoms. The largest absolute Gasteiger partial charge is 0.379 e. The average molecular weight is 261 g/mol. The average Bonchev–Trinajstić information content (AvgIpc) is 2.32. The maximum Gasteiger partial charge on any atom is 0.0518 e. The third kappa shape index (κ3) is 4.63. The van der Waals surface area contributed by atoms with Crippen LogP contribution in [0.2, 0.25) is 0 Å². The van der Waals surface area contributed by atoms with Crippen molar-refractivity contribution in [2.75, 3.05) is 13.2 Å². The molecule has 0 atom stereocenters. The molecular formula is C17H27NO. The minimum absolute atomic E-state index is 0.356. The summed E-state index contributed by atoms with van der Waals surface area (Å²) in [4.78, 5) is 0. The third-order valence-electron chi connectivity index (χ3n) is 3.89. The van der Waals surface area contributed by atoms with Gasteiger partial charge in [0.25, 0.3) is 0 Å². The second-order valence-corrected chi connectivity index (χ2v) is 6.00. The highest BCUT2D eigenvalue weighted by molar-refractivity contribution is 5.26. The first kappa shape index (κ1) is 14.5. The molecule has 1 aliphatic rings. The summed E-state index contributed by atoms with van der Waals surface area (Å²) >= 11 is 0. The Morgan fingerprint density at radius 2 is 1.89 bits per heavy atom. The Morgan fingerprint density at radius 1 is 1.21 bits per heavy atom. The van der Waals surface area contributed by atoms with Crippen molar-refractivity contribution < 1.29 is 4.74 Å². The van der Waals surface area contributed by atoms with Crippen LogP contribution < -0.4 is 5.32 Å². The van der Waals surface area contributed by atoms with E-state index in [1.807, 2.05) is 0 Å². The van der Waals surface area contributed by atoms with Crippen molar-refractivity contribution >= 4 is 0 Å². The number of nitrogens with one attached hydrogen (secondary N) is 1. The third-order valence-corrected chi connectivity index (χ3v) is 3.89. The van der Waals surface area contributed by atoms with Gasteiger partial charge in [-0.25, -0.2) is 0 Å². The van der Waals surface area contributed by atoms with E-state index >= 15 is 0 Å². The fourth-order valence-corrected chi connectivity index (χ4v) is 2.59. The Kier molecular flexibility index (Phi) is 5.41. The Hall–Kier alpha value is -0.860. The van der Waals surface area contributed by atoms with E-state index < -0.39 is 0 Å². The molecule has 0 amide bonds. The SMILES string of the molecule is Cc1ccc(C2CC(NCCCOC(C)C)C2)cc1. The molecule has 1 fully saturated rings. The second-order valence-electron chi connectivity index (χ2n) is 6.00. The molecule has 0 unspecified atom stereocenters. The van der Waals surface area contributed by atoms with Gasteiger partial charge in [-0.3, -0.25) is 0 Å². The summed E-state index contributed by atoms with van der Waals surface area (Å²) in [5, 5.41) is 3.62. The maximum absolute atomic E-state index is 5.54. The molecule has 1 aliphatic carbocycles. The van der Waals surface area contributed by atoms with Crippen LogP contribution in [0, 0.1) is 6.92 Å². The molecule has 0 radical (unpaired) electrons. The lowest BCUT2D eigenvalue weighted by Crippen LogP contribution is -2.40. The molecule has 19 heavy (non-hydrogen) atoms. The summed E-state index contributed by atoms with van der Waals surface area (Å²) in [5.41, 5.74) is 2.86. The molecule has 1 aromatic carbocycles. The highest BCUT2D eigenvalue weighted by atomic mass is 16.5. The number of hydrogen-bond donors (Lipinski definition) is 1. The zero-order valence-corrected chi connectivity index (χ0v) is 12.5. The predicted molar refractivity (Wildman–Crippen MR) is 80.6 cm³/mol. The molecule has 0 aliphatic heterocycles. The van der Waals surface area contributed by atoms with Crippen molar-refractivity contribution in [2.24, 2.45) is 0 Å². The van der Waals surface area contributed by atoms with Gasteiger partial charge in [-0.05, 0) is 58.1 Å². The lowest BCUT2D eigenvalue weighted by Gasteiger charge is -2.36. The number of rotatable bonds is 7. The number of benzene rings is 1. The predicted octanol–water partition coefficient (Wildman–Crippen LogP) is 3.65. The molecule has 1 N–H and O–H groups in total. The van der Waals surface area contributed by atoms with Crippen LogP contribution in [-0.4, -0.2) is 25.3 Å². The molecule has 2 rings (SSSR count). The minimum Gasteiger partial charge on any atom is -0.379 e. The van der Waals surface area contributed by atoms with E-state index in [0.29, 0.717) is 12.1 Å². The summed E-state index contributed by atoms with van der Waals surface area (Å²) in [6.45, 7) is 8.28. The number of aryl methyl sites for hydroxylation is 1. The van der Waals surface area contributed by atoms with Gasteiger partial charge < -0.3 is 10.1 Å². The summed E-state index contributed by atoms with van der Waals surface area (Å²) in [5.74, 6) is 0.769. The van der Waals surface area contributed by atoms with Crippen molar-refractivity contribution in [2.45, 2.75) is 58.1 Å². The summed E-state index contributed by atoms with van der Waals surface area (Å²) in [6.07, 6.45) is 4.04. The van der Waals surface area contributed by atoms with Gasteiger partial charge in [-0.1, -0.05) is 29.8 Å². The van der Waals surface area contributed by atoms with E-state index in [1.54, 1.807) is 0 Å². The second kappa shape index (κ2) is 7.06. The Morgan fingerprint density at radius 3 is 2.53 bits per heavy atom. The fourth-order valence-electron chi connectivity index (χ4n) is 2.59. The van der Waals surface area contributed by atoms with Gasteiger partial charge in [0.15, 0.2) is 0 Å². The van der Waals surface area contributed by atoms with Gasteiger partial charge >= 0.3 is 0 Å². The van der Waals surface area contributed by atoms with Gasteiger partial charge in [-0.2, -0.15) is 0 Å². The molecule has 0 saturated heterocycles. The van der Waals surface area contributed by atoms with Crippen molar-refractivity contribution in [1.29, 1.82) is 0 Å². The molecule has 0 spiro atoms. The lowest BCUT2D eigenvalue weighted by atomic mass is 9.76. The Balaban J connectivity index is 1.57. The first-order valence-electron chi connectivity index (χ1n) is 7.56. The standard InChI is InChI=1S/C17H27NO/c1-13(2)19-10-4-9-18-17-11-16(12-17)15-7-5-14(3)6-8-15/h5-8,13,16-18H,4,9-12H2,1-3H3. The fraction of sp³-hybridized carbons (Fsp3) is 0.647. The topological polar surface area (TPSA) is 21.3 Å². The van der Waals surface area contributed by atoms with Crippen molar-refractivity contribution in [3.05, 3.63) is 35.4 Å². The van der Waals surface area contributed by atoms with E-state index in [1.165, 1.54) is 24.0 Å². The zero-order chi connectivity index (χ0) is 13.7. The zero-order valence-electron chi connectivity index (χ0n) is 12.5. The van der Waals surface area contributed by atoms with E-state index in [2.05, 4.69) is 50.4 Å². The van der Waals surface area contributed by atoms with Crippen LogP contribution in [0.3, 0.4) is 0 Å². The first-order chi connectivity index (χ1) is 9.15. The molecular weight excluding hydrogens is 234 g/mol. The van der Waals surface area contributed by atoms with Crippen LogP contribution in [0.15, 0.2) is 24.3 Å². The molecule has 0 heterocycles. The van der Waals surface area contributed by atoms with Crippen LogP contribution >= 0.6 is 0 Å². The van der Waals surface area contributed by atoms with Crippen molar-refractivity contribution in [3.8, 4) is 0 Å². The normalized spacial score (nSPS) is 22.5. The summed E-state index contributed by atoms with van der Waals surface area (Å²) in [6, 6.07) is 9.73. The van der Waals surface area contributed by atoms with Crippen LogP contribution in [0.5, 0.6) is 0 Å². The molecule has 1 saturated carbocycles. The van der Waals surface area contributed by atoms with E-state index in [4.69, 9.17) is 4.74 Å². The van der Waals surface area contributed by atoms with E-state index in [-0.39, 0.29) is 0 Å². The van der Waals surface area contributed by atoms with Crippen LogP contribution in [-0.2, 0) is 4.74 Å². The molecule has 106 valence electrons. The summed E-state index contributed by atoms with van der Waals surface area (Å²) in [7, 11) is 0. The smallest absolute Gasteiger partial charge is 0.0518 e. The van der Waals surface area contributed by atoms with Crippen molar-refractivity contribution in [3.63, 3.8) is 0 Å².